The second kappa shape index (κ2) is 8.06. The molecular formula is C14H18N2O4. The molecule has 1 amide bonds. The van der Waals surface area contributed by atoms with Gasteiger partial charge in [-0.25, -0.2) is 4.79 Å². The third kappa shape index (κ3) is 5.19. The molecule has 6 heteroatoms. The van der Waals surface area contributed by atoms with Gasteiger partial charge in [0.25, 0.3) is 5.91 Å². The lowest BCUT2D eigenvalue weighted by atomic mass is 10.1. The second-order valence-electron chi connectivity index (χ2n) is 4.41. The van der Waals surface area contributed by atoms with Crippen molar-refractivity contribution in [3.63, 3.8) is 0 Å². The van der Waals surface area contributed by atoms with Crippen molar-refractivity contribution in [1.29, 1.82) is 0 Å². The molecule has 108 valence electrons. The molecule has 6 nitrogen and oxygen atoms in total. The number of nitrogens with zero attached hydrogens (tertiary/aromatic N) is 1. The van der Waals surface area contributed by atoms with Gasteiger partial charge in [-0.1, -0.05) is 6.92 Å². The molecule has 1 aromatic rings. The van der Waals surface area contributed by atoms with Gasteiger partial charge < -0.3 is 15.2 Å². The maximum atomic E-state index is 12.1. The summed E-state index contributed by atoms with van der Waals surface area (Å²) in [6.07, 6.45) is 5.27. The highest BCUT2D eigenvalue weighted by atomic mass is 16.5. The van der Waals surface area contributed by atoms with Gasteiger partial charge in [0, 0.05) is 43.3 Å². The highest BCUT2D eigenvalue weighted by Gasteiger charge is 2.11. The van der Waals surface area contributed by atoms with Crippen LogP contribution < -0.4 is 5.32 Å². The van der Waals surface area contributed by atoms with Crippen molar-refractivity contribution >= 4 is 18.0 Å². The summed E-state index contributed by atoms with van der Waals surface area (Å²) in [7, 11) is 1.61. The number of hydrogen-bond acceptors (Lipinski definition) is 4. The van der Waals surface area contributed by atoms with Gasteiger partial charge in [0.05, 0.1) is 6.61 Å². The zero-order valence-electron chi connectivity index (χ0n) is 11.5. The van der Waals surface area contributed by atoms with Crippen molar-refractivity contribution in [2.75, 3.05) is 20.3 Å². The summed E-state index contributed by atoms with van der Waals surface area (Å²) < 4.78 is 4.99. The van der Waals surface area contributed by atoms with E-state index in [1.807, 2.05) is 6.92 Å². The van der Waals surface area contributed by atoms with Crippen molar-refractivity contribution in [2.45, 2.75) is 6.92 Å². The Labute approximate surface area is 117 Å². The Morgan fingerprint density at radius 3 is 2.95 bits per heavy atom. The average Bonchev–Trinajstić information content (AvgIpc) is 2.43. The van der Waals surface area contributed by atoms with Gasteiger partial charge in [0.15, 0.2) is 0 Å². The van der Waals surface area contributed by atoms with E-state index < -0.39 is 5.97 Å². The molecule has 0 aliphatic heterocycles. The number of methoxy groups -OCH3 is 1. The van der Waals surface area contributed by atoms with E-state index >= 15 is 0 Å². The Morgan fingerprint density at radius 2 is 2.30 bits per heavy atom. The summed E-state index contributed by atoms with van der Waals surface area (Å²) >= 11 is 0. The smallest absolute Gasteiger partial charge is 0.328 e. The first-order chi connectivity index (χ1) is 9.54. The number of carboxylic acids is 1. The maximum absolute atomic E-state index is 12.1. The fourth-order valence-corrected chi connectivity index (χ4v) is 1.61. The van der Waals surface area contributed by atoms with E-state index in [0.29, 0.717) is 24.3 Å². The molecule has 1 rings (SSSR count). The highest BCUT2D eigenvalue weighted by molar-refractivity contribution is 5.98. The maximum Gasteiger partial charge on any atom is 0.328 e. The fourth-order valence-electron chi connectivity index (χ4n) is 1.61. The third-order valence-electron chi connectivity index (χ3n) is 2.56. The molecule has 0 aliphatic carbocycles. The third-order valence-corrected chi connectivity index (χ3v) is 2.56. The molecule has 0 radical (unpaired) electrons. The van der Waals surface area contributed by atoms with Gasteiger partial charge in [-0.15, -0.1) is 0 Å². The lowest BCUT2D eigenvalue weighted by Gasteiger charge is -2.12. The van der Waals surface area contributed by atoms with Crippen LogP contribution in [0.15, 0.2) is 24.5 Å². The molecule has 0 aromatic carbocycles. The van der Waals surface area contributed by atoms with E-state index in [4.69, 9.17) is 9.84 Å². The molecule has 20 heavy (non-hydrogen) atoms. The van der Waals surface area contributed by atoms with Crippen LogP contribution in [0.2, 0.25) is 0 Å². The molecule has 0 aliphatic rings. The minimum absolute atomic E-state index is 0.198. The van der Waals surface area contributed by atoms with E-state index in [0.717, 1.165) is 6.08 Å². The summed E-state index contributed by atoms with van der Waals surface area (Å²) in [5, 5.41) is 11.4. The molecule has 0 fully saturated rings. The predicted molar refractivity (Wildman–Crippen MR) is 74.3 cm³/mol. The molecule has 0 spiro atoms. The van der Waals surface area contributed by atoms with Gasteiger partial charge >= 0.3 is 5.97 Å². The number of nitrogens with one attached hydrogen (secondary N) is 1. The topological polar surface area (TPSA) is 88.5 Å². The number of carbonyl (C=O) groups is 2. The first-order valence-corrected chi connectivity index (χ1v) is 6.16. The minimum atomic E-state index is -1.08. The van der Waals surface area contributed by atoms with Crippen LogP contribution in [0.25, 0.3) is 6.08 Å². The molecule has 2 N–H and O–H groups in total. The Hall–Kier alpha value is -2.21. The largest absolute Gasteiger partial charge is 0.478 e. The van der Waals surface area contributed by atoms with Crippen molar-refractivity contribution < 1.29 is 19.4 Å². The van der Waals surface area contributed by atoms with E-state index in [2.05, 4.69) is 10.3 Å². The minimum Gasteiger partial charge on any atom is -0.478 e. The van der Waals surface area contributed by atoms with Crippen molar-refractivity contribution in [3.05, 3.63) is 35.7 Å². The Morgan fingerprint density at radius 1 is 1.55 bits per heavy atom. The van der Waals surface area contributed by atoms with E-state index in [-0.39, 0.29) is 11.8 Å². The van der Waals surface area contributed by atoms with Gasteiger partial charge in [0.2, 0.25) is 0 Å². The van der Waals surface area contributed by atoms with Gasteiger partial charge in [-0.2, -0.15) is 0 Å². The number of carboxylic acid groups (broad SMARTS) is 1. The SMILES string of the molecule is COCC(C)CNC(=O)c1ccncc1C=CC(=O)O. The molecule has 1 aromatic heterocycles. The fraction of sp³-hybridized carbons (Fsp3) is 0.357. The Kier molecular flexibility index (Phi) is 6.39. The summed E-state index contributed by atoms with van der Waals surface area (Å²) in [5.41, 5.74) is 0.855. The Balaban J connectivity index is 2.75. The van der Waals surface area contributed by atoms with E-state index in [9.17, 15) is 9.59 Å². The van der Waals surface area contributed by atoms with Crippen molar-refractivity contribution in [3.8, 4) is 0 Å². The molecule has 0 bridgehead atoms. The first-order valence-electron chi connectivity index (χ1n) is 6.16. The lowest BCUT2D eigenvalue weighted by Crippen LogP contribution is -2.30. The normalized spacial score (nSPS) is 12.3. The summed E-state index contributed by atoms with van der Waals surface area (Å²) in [4.78, 5) is 26.5. The Bertz CT molecular complexity index is 500. The zero-order chi connectivity index (χ0) is 15.0. The van der Waals surface area contributed by atoms with Crippen LogP contribution in [0.4, 0.5) is 0 Å². The van der Waals surface area contributed by atoms with Crippen LogP contribution in [0, 0.1) is 5.92 Å². The summed E-state index contributed by atoms with van der Waals surface area (Å²) in [6.45, 7) is 3.00. The molecular weight excluding hydrogens is 260 g/mol. The number of rotatable bonds is 7. The number of aliphatic carboxylic acids is 1. The van der Waals surface area contributed by atoms with Gasteiger partial charge in [-0.05, 0) is 18.1 Å². The van der Waals surface area contributed by atoms with Gasteiger partial charge in [0.1, 0.15) is 0 Å². The quantitative estimate of drug-likeness (QED) is 0.731. The zero-order valence-corrected chi connectivity index (χ0v) is 11.5. The molecule has 1 atom stereocenters. The number of pyridine rings is 1. The van der Waals surface area contributed by atoms with Crippen molar-refractivity contribution in [1.82, 2.24) is 10.3 Å². The summed E-state index contributed by atoms with van der Waals surface area (Å²) in [5.74, 6) is -1.14. The van der Waals surface area contributed by atoms with Crippen LogP contribution in [-0.2, 0) is 9.53 Å². The van der Waals surface area contributed by atoms with Crippen molar-refractivity contribution in [2.24, 2.45) is 5.92 Å². The van der Waals surface area contributed by atoms with Gasteiger partial charge in [-0.3, -0.25) is 9.78 Å². The van der Waals surface area contributed by atoms with E-state index in [1.54, 1.807) is 13.2 Å². The second-order valence-corrected chi connectivity index (χ2v) is 4.41. The number of ether oxygens (including phenoxy) is 1. The van der Waals surface area contributed by atoms with Crippen LogP contribution >= 0.6 is 0 Å². The average molecular weight is 278 g/mol. The first kappa shape index (κ1) is 15.8. The molecule has 1 unspecified atom stereocenters. The number of carbonyl (C=O) groups excluding carboxylic acids is 1. The number of aromatic nitrogens is 1. The molecule has 0 saturated carbocycles. The number of amides is 1. The van der Waals surface area contributed by atoms with Crippen LogP contribution in [0.3, 0.4) is 0 Å². The van der Waals surface area contributed by atoms with Crippen LogP contribution in [0.5, 0.6) is 0 Å². The monoisotopic (exact) mass is 278 g/mol. The lowest BCUT2D eigenvalue weighted by molar-refractivity contribution is -0.131. The number of hydrogen-bond donors (Lipinski definition) is 2. The standard InChI is InChI=1S/C14H18N2O4/c1-10(9-20-2)7-16-14(19)12-5-6-15-8-11(12)3-4-13(17)18/h3-6,8,10H,7,9H2,1-2H3,(H,16,19)(H,17,18). The van der Waals surface area contributed by atoms with E-state index in [1.165, 1.54) is 18.5 Å². The van der Waals surface area contributed by atoms with Crippen LogP contribution in [0.1, 0.15) is 22.8 Å². The summed E-state index contributed by atoms with van der Waals surface area (Å²) in [6, 6.07) is 1.55. The highest BCUT2D eigenvalue weighted by Crippen LogP contribution is 2.09. The molecule has 0 saturated heterocycles. The molecule has 1 heterocycles. The van der Waals surface area contributed by atoms with Crippen LogP contribution in [-0.4, -0.2) is 42.2 Å². The predicted octanol–water partition coefficient (Wildman–Crippen LogP) is 1.19.